The van der Waals surface area contributed by atoms with E-state index in [-0.39, 0.29) is 0 Å². The van der Waals surface area contributed by atoms with E-state index in [1.165, 1.54) is 23.8 Å². The molecule has 1 heterocycles. The van der Waals surface area contributed by atoms with E-state index in [2.05, 4.69) is 29.6 Å². The van der Waals surface area contributed by atoms with Gasteiger partial charge in [-0.25, -0.2) is 0 Å². The van der Waals surface area contributed by atoms with Crippen molar-refractivity contribution in [1.82, 2.24) is 9.88 Å². The summed E-state index contributed by atoms with van der Waals surface area (Å²) in [4.78, 5) is 11.3. The summed E-state index contributed by atoms with van der Waals surface area (Å²) in [6.07, 6.45) is 4.56. The summed E-state index contributed by atoms with van der Waals surface area (Å²) in [6, 6.07) is 9.04. The van der Waals surface area contributed by atoms with Gasteiger partial charge in [0.2, 0.25) is 0 Å². The van der Waals surface area contributed by atoms with Gasteiger partial charge < -0.3 is 15.0 Å². The molecule has 0 spiro atoms. The smallest absolute Gasteiger partial charge is 0.310 e. The highest BCUT2D eigenvalue weighted by molar-refractivity contribution is 5.84. The number of hydrogen-bond donors (Lipinski definition) is 2. The summed E-state index contributed by atoms with van der Waals surface area (Å²) in [5, 5.41) is 14.0. The lowest BCUT2D eigenvalue weighted by Crippen LogP contribution is -2.28. The summed E-state index contributed by atoms with van der Waals surface area (Å²) in [5.41, 5.74) is 1.62. The Morgan fingerprint density at radius 1 is 1.38 bits per heavy atom. The molecule has 1 fully saturated rings. The molecular weight excluding hydrogens is 264 g/mol. The second-order valence-corrected chi connectivity index (χ2v) is 6.64. The number of hydrogen-bond acceptors (Lipinski definition) is 2. The molecule has 4 nitrogen and oxygen atoms in total. The van der Waals surface area contributed by atoms with Crippen molar-refractivity contribution in [2.45, 2.75) is 45.8 Å². The second-order valence-electron chi connectivity index (χ2n) is 6.64. The van der Waals surface area contributed by atoms with Gasteiger partial charge in [0.1, 0.15) is 0 Å². The number of carboxylic acid groups (broad SMARTS) is 1. The summed E-state index contributed by atoms with van der Waals surface area (Å²) in [7, 11) is 0. The molecule has 112 valence electrons. The second kappa shape index (κ2) is 5.19. The van der Waals surface area contributed by atoms with Crippen molar-refractivity contribution in [3.63, 3.8) is 0 Å². The van der Waals surface area contributed by atoms with Crippen LogP contribution in [-0.4, -0.2) is 21.7 Å². The van der Waals surface area contributed by atoms with Crippen molar-refractivity contribution in [3.8, 4) is 0 Å². The topological polar surface area (TPSA) is 54.3 Å². The highest BCUT2D eigenvalue weighted by atomic mass is 16.4. The van der Waals surface area contributed by atoms with Crippen LogP contribution in [0.2, 0.25) is 0 Å². The van der Waals surface area contributed by atoms with Gasteiger partial charge in [-0.2, -0.15) is 0 Å². The summed E-state index contributed by atoms with van der Waals surface area (Å²) in [5.74, 6) is -0.768. The van der Waals surface area contributed by atoms with Crippen molar-refractivity contribution in [3.05, 3.63) is 36.0 Å². The zero-order valence-electron chi connectivity index (χ0n) is 12.6. The molecule has 0 unspecified atom stereocenters. The number of benzene rings is 1. The van der Waals surface area contributed by atoms with Crippen molar-refractivity contribution in [1.29, 1.82) is 0 Å². The molecule has 1 saturated carbocycles. The maximum atomic E-state index is 11.3. The zero-order valence-corrected chi connectivity index (χ0v) is 12.6. The van der Waals surface area contributed by atoms with Crippen LogP contribution in [-0.2, 0) is 17.9 Å². The van der Waals surface area contributed by atoms with Gasteiger partial charge in [-0.15, -0.1) is 0 Å². The molecule has 1 aromatic carbocycles. The van der Waals surface area contributed by atoms with Gasteiger partial charge >= 0.3 is 5.97 Å². The first-order valence-corrected chi connectivity index (χ1v) is 7.51. The third kappa shape index (κ3) is 2.95. The highest BCUT2D eigenvalue weighted by Crippen LogP contribution is 2.26. The van der Waals surface area contributed by atoms with Crippen LogP contribution in [0.15, 0.2) is 30.5 Å². The van der Waals surface area contributed by atoms with E-state index in [0.29, 0.717) is 12.6 Å². The number of aromatic nitrogens is 1. The molecule has 0 atom stereocenters. The summed E-state index contributed by atoms with van der Waals surface area (Å²) >= 11 is 0. The van der Waals surface area contributed by atoms with Gasteiger partial charge in [-0.05, 0) is 44.4 Å². The fraction of sp³-hybridized carbons (Fsp3) is 0.471. The van der Waals surface area contributed by atoms with Crippen molar-refractivity contribution in [2.24, 2.45) is 5.41 Å². The number of fused-ring (bicyclic) bond motifs is 1. The maximum absolute atomic E-state index is 11.3. The quantitative estimate of drug-likeness (QED) is 0.858. The third-order valence-electron chi connectivity index (χ3n) is 4.21. The van der Waals surface area contributed by atoms with E-state index in [1.54, 1.807) is 13.8 Å². The Labute approximate surface area is 124 Å². The maximum Gasteiger partial charge on any atom is 0.310 e. The Bertz CT molecular complexity index is 668. The lowest BCUT2D eigenvalue weighted by atomic mass is 9.94. The molecule has 0 amide bonds. The molecular formula is C17H22N2O2. The molecule has 21 heavy (non-hydrogen) atoms. The first kappa shape index (κ1) is 14.1. The molecule has 0 bridgehead atoms. The number of carboxylic acids is 1. The normalized spacial score (nSPS) is 15.5. The van der Waals surface area contributed by atoms with Crippen LogP contribution in [0.1, 0.15) is 32.3 Å². The standard InChI is InChI=1S/C17H22N2O2/c1-17(2,16(20)21)11-19-9-8-14-12(4-3-5-15(14)19)10-18-13-6-7-13/h3-5,8-9,13,18H,6-7,10-11H2,1-2H3,(H,20,21). The predicted octanol–water partition coefficient (Wildman–Crippen LogP) is 3.00. The van der Waals surface area contributed by atoms with E-state index in [4.69, 9.17) is 0 Å². The van der Waals surface area contributed by atoms with Crippen LogP contribution in [0.5, 0.6) is 0 Å². The summed E-state index contributed by atoms with van der Waals surface area (Å²) in [6.45, 7) is 4.89. The van der Waals surface area contributed by atoms with Crippen molar-refractivity contribution >= 4 is 16.9 Å². The van der Waals surface area contributed by atoms with Gasteiger partial charge in [0.25, 0.3) is 0 Å². The average Bonchev–Trinajstić information content (AvgIpc) is 3.18. The molecule has 0 radical (unpaired) electrons. The Hall–Kier alpha value is -1.81. The molecule has 1 aromatic heterocycles. The Balaban J connectivity index is 1.87. The van der Waals surface area contributed by atoms with E-state index in [1.807, 2.05) is 10.8 Å². The molecule has 0 aliphatic heterocycles. The van der Waals surface area contributed by atoms with Crippen LogP contribution in [0.4, 0.5) is 0 Å². The number of rotatable bonds is 6. The molecule has 4 heteroatoms. The molecule has 0 saturated heterocycles. The van der Waals surface area contributed by atoms with Crippen LogP contribution in [0.3, 0.4) is 0 Å². The van der Waals surface area contributed by atoms with E-state index < -0.39 is 11.4 Å². The molecule has 2 aromatic rings. The minimum absolute atomic E-state index is 0.478. The molecule has 1 aliphatic rings. The van der Waals surface area contributed by atoms with Gasteiger partial charge in [0, 0.05) is 36.2 Å². The van der Waals surface area contributed by atoms with E-state index in [0.717, 1.165) is 12.1 Å². The largest absolute Gasteiger partial charge is 0.481 e. The molecule has 2 N–H and O–H groups in total. The van der Waals surface area contributed by atoms with Crippen LogP contribution < -0.4 is 5.32 Å². The van der Waals surface area contributed by atoms with Gasteiger partial charge in [-0.1, -0.05) is 12.1 Å². The molecule has 3 rings (SSSR count). The number of nitrogens with one attached hydrogen (secondary N) is 1. The van der Waals surface area contributed by atoms with Gasteiger partial charge in [-0.3, -0.25) is 4.79 Å². The van der Waals surface area contributed by atoms with Crippen LogP contribution >= 0.6 is 0 Å². The third-order valence-corrected chi connectivity index (χ3v) is 4.21. The highest BCUT2D eigenvalue weighted by Gasteiger charge is 2.28. The zero-order chi connectivity index (χ0) is 15.0. The molecule has 1 aliphatic carbocycles. The van der Waals surface area contributed by atoms with E-state index in [9.17, 15) is 9.90 Å². The van der Waals surface area contributed by atoms with Crippen molar-refractivity contribution in [2.75, 3.05) is 0 Å². The fourth-order valence-electron chi connectivity index (χ4n) is 2.61. The Kier molecular flexibility index (Phi) is 3.49. The minimum atomic E-state index is -0.770. The first-order valence-electron chi connectivity index (χ1n) is 7.51. The fourth-order valence-corrected chi connectivity index (χ4v) is 2.61. The predicted molar refractivity (Wildman–Crippen MR) is 83.2 cm³/mol. The lowest BCUT2D eigenvalue weighted by molar-refractivity contribution is -0.147. The Morgan fingerprint density at radius 2 is 2.14 bits per heavy atom. The minimum Gasteiger partial charge on any atom is -0.481 e. The van der Waals surface area contributed by atoms with Crippen LogP contribution in [0.25, 0.3) is 10.9 Å². The number of carbonyl (C=O) groups is 1. The Morgan fingerprint density at radius 3 is 2.81 bits per heavy atom. The first-order chi connectivity index (χ1) is 9.97. The monoisotopic (exact) mass is 286 g/mol. The lowest BCUT2D eigenvalue weighted by Gasteiger charge is -2.20. The van der Waals surface area contributed by atoms with Crippen LogP contribution in [0, 0.1) is 5.41 Å². The average molecular weight is 286 g/mol. The van der Waals surface area contributed by atoms with E-state index >= 15 is 0 Å². The SMILES string of the molecule is CC(C)(Cn1ccc2c(CNC3CC3)cccc21)C(=O)O. The summed E-state index contributed by atoms with van der Waals surface area (Å²) < 4.78 is 2.05. The number of nitrogens with zero attached hydrogens (tertiary/aromatic N) is 1. The van der Waals surface area contributed by atoms with Crippen molar-refractivity contribution < 1.29 is 9.90 Å². The van der Waals surface area contributed by atoms with Gasteiger partial charge in [0.05, 0.1) is 5.41 Å². The van der Waals surface area contributed by atoms with Gasteiger partial charge in [0.15, 0.2) is 0 Å². The number of aliphatic carboxylic acids is 1.